The second-order valence-electron chi connectivity index (χ2n) is 9.26. The molecule has 0 bridgehead atoms. The quantitative estimate of drug-likeness (QED) is 0.591. The Balaban J connectivity index is 1.33. The Morgan fingerprint density at radius 3 is 2.82 bits per heavy atom. The molecule has 34 heavy (non-hydrogen) atoms. The third kappa shape index (κ3) is 4.02. The van der Waals surface area contributed by atoms with Crippen LogP contribution in [0.2, 0.25) is 0 Å². The molecule has 1 spiro atoms. The average Bonchev–Trinajstić information content (AvgIpc) is 3.44. The number of amides is 1. The van der Waals surface area contributed by atoms with Gasteiger partial charge in [-0.05, 0) is 51.7 Å². The van der Waals surface area contributed by atoms with E-state index in [0.29, 0.717) is 24.5 Å². The number of anilines is 1. The zero-order valence-electron chi connectivity index (χ0n) is 19.8. The van der Waals surface area contributed by atoms with Crippen molar-refractivity contribution in [3.8, 4) is 16.3 Å². The van der Waals surface area contributed by atoms with Crippen molar-refractivity contribution in [1.29, 1.82) is 0 Å². The lowest BCUT2D eigenvalue weighted by atomic mass is 9.86. The smallest absolute Gasteiger partial charge is 0.230 e. The van der Waals surface area contributed by atoms with Gasteiger partial charge in [-0.15, -0.1) is 11.3 Å². The summed E-state index contributed by atoms with van der Waals surface area (Å²) in [5, 5.41) is 4.71. The van der Waals surface area contributed by atoms with Crippen molar-refractivity contribution in [2.75, 3.05) is 25.5 Å². The molecule has 2 aliphatic rings. The number of rotatable bonds is 4. The summed E-state index contributed by atoms with van der Waals surface area (Å²) in [4.78, 5) is 29.4. The molecule has 178 valence electrons. The molecule has 0 unspecified atom stereocenters. The van der Waals surface area contributed by atoms with Crippen LogP contribution in [0.3, 0.4) is 0 Å². The normalized spacial score (nSPS) is 20.2. The second-order valence-corrected chi connectivity index (χ2v) is 10.5. The Morgan fingerprint density at radius 2 is 2.09 bits per heavy atom. The number of likely N-dealkylation sites (tertiary alicyclic amines) is 1. The first kappa shape index (κ1) is 22.7. The predicted molar refractivity (Wildman–Crippen MR) is 130 cm³/mol. The van der Waals surface area contributed by atoms with Crippen LogP contribution in [-0.4, -0.2) is 51.5 Å². The van der Waals surface area contributed by atoms with E-state index in [1.807, 2.05) is 24.9 Å². The summed E-state index contributed by atoms with van der Waals surface area (Å²) in [5.74, 6) is 0.00656. The maximum atomic E-state index is 14.4. The summed E-state index contributed by atoms with van der Waals surface area (Å²) in [5.41, 5.74) is 3.39. The number of halogens is 1. The lowest BCUT2D eigenvalue weighted by Crippen LogP contribution is -2.46. The molecule has 0 aromatic carbocycles. The minimum atomic E-state index is -0.617. The van der Waals surface area contributed by atoms with Gasteiger partial charge in [-0.25, -0.2) is 19.3 Å². The molecule has 1 saturated heterocycles. The lowest BCUT2D eigenvalue weighted by Gasteiger charge is -2.36. The van der Waals surface area contributed by atoms with E-state index < -0.39 is 11.7 Å². The van der Waals surface area contributed by atoms with Gasteiger partial charge >= 0.3 is 0 Å². The Hall–Kier alpha value is -3.07. The number of methoxy groups -OCH3 is 1. The minimum Gasteiger partial charge on any atom is -0.481 e. The molecule has 3 aromatic rings. The van der Waals surface area contributed by atoms with Crippen molar-refractivity contribution >= 4 is 23.1 Å². The van der Waals surface area contributed by atoms with Crippen molar-refractivity contribution in [3.63, 3.8) is 0 Å². The van der Waals surface area contributed by atoms with Gasteiger partial charge < -0.3 is 15.0 Å². The molecule has 5 heterocycles. The molecule has 1 fully saturated rings. The summed E-state index contributed by atoms with van der Waals surface area (Å²) in [6.45, 7) is 6.98. The van der Waals surface area contributed by atoms with Crippen LogP contribution in [0.4, 0.5) is 10.2 Å². The highest BCUT2D eigenvalue weighted by molar-refractivity contribution is 7.15. The highest BCUT2D eigenvalue weighted by Gasteiger charge is 2.43. The van der Waals surface area contributed by atoms with Gasteiger partial charge in [0, 0.05) is 42.2 Å². The van der Waals surface area contributed by atoms with Crippen molar-refractivity contribution in [1.82, 2.24) is 19.9 Å². The molecule has 0 saturated carbocycles. The number of pyridine rings is 2. The fraction of sp³-hybridized carbons (Fsp3) is 0.440. The second kappa shape index (κ2) is 8.61. The van der Waals surface area contributed by atoms with Crippen molar-refractivity contribution in [2.45, 2.75) is 51.5 Å². The van der Waals surface area contributed by atoms with E-state index in [-0.39, 0.29) is 11.4 Å². The predicted octanol–water partition coefficient (Wildman–Crippen LogP) is 4.50. The van der Waals surface area contributed by atoms with Crippen LogP contribution >= 0.6 is 11.3 Å². The first-order valence-corrected chi connectivity index (χ1v) is 12.3. The third-order valence-corrected chi connectivity index (χ3v) is 7.95. The number of carbonyl (C=O) groups is 1. The fourth-order valence-electron chi connectivity index (χ4n) is 5.02. The van der Waals surface area contributed by atoms with Crippen LogP contribution in [0.1, 0.15) is 47.5 Å². The van der Waals surface area contributed by atoms with E-state index >= 15 is 0 Å². The maximum absolute atomic E-state index is 14.4. The minimum absolute atomic E-state index is 0.0864. The van der Waals surface area contributed by atoms with E-state index in [9.17, 15) is 9.18 Å². The van der Waals surface area contributed by atoms with Crippen LogP contribution < -0.4 is 10.1 Å². The summed E-state index contributed by atoms with van der Waals surface area (Å²) in [6, 6.07) is 3.73. The zero-order chi connectivity index (χ0) is 24.0. The number of ether oxygens (including phenoxy) is 1. The molecule has 0 radical (unpaired) electrons. The number of nitrogens with one attached hydrogen (secondary N) is 1. The molecular formula is C25H28FN5O2S. The molecule has 1 N–H and O–H groups in total. The number of aromatic nitrogens is 3. The number of hydrogen-bond acceptors (Lipinski definition) is 7. The van der Waals surface area contributed by atoms with Gasteiger partial charge in [0.2, 0.25) is 11.8 Å². The van der Waals surface area contributed by atoms with E-state index in [2.05, 4.69) is 21.4 Å². The Labute approximate surface area is 202 Å². The Morgan fingerprint density at radius 1 is 1.26 bits per heavy atom. The monoisotopic (exact) mass is 481 g/mol. The molecule has 7 nitrogen and oxygen atoms in total. The molecule has 0 aliphatic carbocycles. The molecule has 3 aromatic heterocycles. The SMILES string of the molecule is COc1cc([C@@H](C)C(=O)N2CC[C@@]3(CCc4cc(-c5cnc(C)s5)c(C)nc4N3)C2)c(F)cn1. The van der Waals surface area contributed by atoms with Gasteiger partial charge in [0.25, 0.3) is 0 Å². The van der Waals surface area contributed by atoms with Crippen LogP contribution in [0, 0.1) is 19.7 Å². The van der Waals surface area contributed by atoms with Gasteiger partial charge in [-0.3, -0.25) is 4.79 Å². The molecule has 9 heteroatoms. The van der Waals surface area contributed by atoms with Crippen molar-refractivity contribution < 1.29 is 13.9 Å². The van der Waals surface area contributed by atoms with Gasteiger partial charge in [-0.1, -0.05) is 0 Å². The Bertz CT molecular complexity index is 1260. The van der Waals surface area contributed by atoms with Gasteiger partial charge in [-0.2, -0.15) is 0 Å². The summed E-state index contributed by atoms with van der Waals surface area (Å²) in [6.07, 6.45) is 5.68. The largest absolute Gasteiger partial charge is 0.481 e. The van der Waals surface area contributed by atoms with Gasteiger partial charge in [0.15, 0.2) is 0 Å². The topological polar surface area (TPSA) is 80.2 Å². The number of hydrogen-bond donors (Lipinski definition) is 1. The first-order chi connectivity index (χ1) is 16.3. The van der Waals surface area contributed by atoms with Crippen LogP contribution in [0.25, 0.3) is 10.4 Å². The van der Waals surface area contributed by atoms with E-state index in [4.69, 9.17) is 9.72 Å². The summed E-state index contributed by atoms with van der Waals surface area (Å²) < 4.78 is 19.5. The molecule has 5 rings (SSSR count). The number of aryl methyl sites for hydroxylation is 3. The highest BCUT2D eigenvalue weighted by atomic mass is 32.1. The number of carbonyl (C=O) groups excluding carboxylic acids is 1. The van der Waals surface area contributed by atoms with Gasteiger partial charge in [0.05, 0.1) is 34.6 Å². The van der Waals surface area contributed by atoms with Crippen molar-refractivity contribution in [2.24, 2.45) is 0 Å². The standard InChI is InChI=1S/C25H28FN5O2S/c1-14(18-10-22(33-4)28-11-20(18)26)24(32)31-8-7-25(13-31)6-5-17-9-19(15(2)29-23(17)30-25)21-12-27-16(3)34-21/h9-12,14H,5-8,13H2,1-4H3,(H,29,30)/t14-,25+/m1/s1. The first-order valence-electron chi connectivity index (χ1n) is 11.5. The zero-order valence-corrected chi connectivity index (χ0v) is 20.6. The van der Waals surface area contributed by atoms with Gasteiger partial charge in [0.1, 0.15) is 11.6 Å². The van der Waals surface area contributed by atoms with Crippen LogP contribution in [-0.2, 0) is 11.2 Å². The van der Waals surface area contributed by atoms with E-state index in [0.717, 1.165) is 52.4 Å². The Kier molecular flexibility index (Phi) is 5.75. The maximum Gasteiger partial charge on any atom is 0.230 e. The van der Waals surface area contributed by atoms with Crippen LogP contribution in [0.15, 0.2) is 24.5 Å². The number of nitrogens with zero attached hydrogens (tertiary/aromatic N) is 4. The number of thiazole rings is 1. The molecular weight excluding hydrogens is 453 g/mol. The summed E-state index contributed by atoms with van der Waals surface area (Å²) >= 11 is 1.68. The fourth-order valence-corrected chi connectivity index (χ4v) is 5.87. The van der Waals surface area contributed by atoms with E-state index in [1.54, 1.807) is 18.3 Å². The lowest BCUT2D eigenvalue weighted by molar-refractivity contribution is -0.131. The molecule has 1 amide bonds. The van der Waals surface area contributed by atoms with E-state index in [1.165, 1.54) is 18.7 Å². The highest BCUT2D eigenvalue weighted by Crippen LogP contribution is 2.39. The van der Waals surface area contributed by atoms with Crippen LogP contribution in [0.5, 0.6) is 5.88 Å². The molecule has 2 aliphatic heterocycles. The summed E-state index contributed by atoms with van der Waals surface area (Å²) in [7, 11) is 1.48. The average molecular weight is 482 g/mol. The third-order valence-electron chi connectivity index (χ3n) is 7.01. The van der Waals surface area contributed by atoms with Crippen molar-refractivity contribution in [3.05, 3.63) is 52.2 Å². The number of fused-ring (bicyclic) bond motifs is 1. The molecule has 2 atom stereocenters.